The van der Waals surface area contributed by atoms with Crippen molar-refractivity contribution in [2.24, 2.45) is 0 Å². The molecule has 1 N–H and O–H groups in total. The summed E-state index contributed by atoms with van der Waals surface area (Å²) in [6.07, 6.45) is 0. The Labute approximate surface area is 113 Å². The van der Waals surface area contributed by atoms with Crippen molar-refractivity contribution >= 4 is 0 Å². The molecule has 0 aliphatic carbocycles. The Morgan fingerprint density at radius 2 is 1.89 bits per heavy atom. The number of methoxy groups -OCH3 is 1. The minimum Gasteiger partial charge on any atom is -0.381 e. The van der Waals surface area contributed by atoms with E-state index in [1.165, 1.54) is 0 Å². The third-order valence-electron chi connectivity index (χ3n) is 3.15. The van der Waals surface area contributed by atoms with Crippen LogP contribution in [0.25, 0.3) is 0 Å². The summed E-state index contributed by atoms with van der Waals surface area (Å²) in [5, 5.41) is 12.5. The summed E-state index contributed by atoms with van der Waals surface area (Å²) in [5.41, 5.74) is -0.334. The SMILES string of the molecule is COCC(O)(CON1CCOCC1)c1ccccc1. The van der Waals surface area contributed by atoms with E-state index in [4.69, 9.17) is 14.3 Å². The number of aliphatic hydroxyl groups is 1. The predicted octanol–water partition coefficient (Wildman–Crippen LogP) is 0.784. The quantitative estimate of drug-likeness (QED) is 0.825. The molecule has 1 unspecified atom stereocenters. The summed E-state index contributed by atoms with van der Waals surface area (Å²) >= 11 is 0. The maximum atomic E-state index is 10.7. The van der Waals surface area contributed by atoms with Gasteiger partial charge in [0.25, 0.3) is 0 Å². The maximum absolute atomic E-state index is 10.7. The minimum atomic E-state index is -1.13. The van der Waals surface area contributed by atoms with E-state index in [1.54, 1.807) is 7.11 Å². The number of hydroxylamine groups is 2. The molecular formula is C14H21NO4. The lowest BCUT2D eigenvalue weighted by Gasteiger charge is -2.32. The molecule has 1 aromatic rings. The largest absolute Gasteiger partial charge is 0.381 e. The fraction of sp³-hybridized carbons (Fsp3) is 0.571. The number of hydrogen-bond acceptors (Lipinski definition) is 5. The molecule has 1 fully saturated rings. The highest BCUT2D eigenvalue weighted by molar-refractivity contribution is 5.22. The van der Waals surface area contributed by atoms with Gasteiger partial charge in [-0.25, -0.2) is 0 Å². The molecule has 1 saturated heterocycles. The molecule has 0 spiro atoms. The highest BCUT2D eigenvalue weighted by Gasteiger charge is 2.31. The maximum Gasteiger partial charge on any atom is 0.138 e. The van der Waals surface area contributed by atoms with Gasteiger partial charge in [-0.2, -0.15) is 5.06 Å². The fourth-order valence-corrected chi connectivity index (χ4v) is 2.07. The lowest BCUT2D eigenvalue weighted by atomic mass is 9.96. The van der Waals surface area contributed by atoms with Gasteiger partial charge >= 0.3 is 0 Å². The van der Waals surface area contributed by atoms with Crippen LogP contribution in [0.15, 0.2) is 30.3 Å². The highest BCUT2D eigenvalue weighted by atomic mass is 16.7. The Morgan fingerprint density at radius 3 is 2.53 bits per heavy atom. The first-order valence-corrected chi connectivity index (χ1v) is 6.47. The van der Waals surface area contributed by atoms with Gasteiger partial charge < -0.3 is 14.6 Å². The Kier molecular flexibility index (Phi) is 5.30. The lowest BCUT2D eigenvalue weighted by Crippen LogP contribution is -2.43. The van der Waals surface area contributed by atoms with Gasteiger partial charge in [0, 0.05) is 20.2 Å². The van der Waals surface area contributed by atoms with E-state index in [0.29, 0.717) is 13.2 Å². The normalized spacial score (nSPS) is 20.1. The lowest BCUT2D eigenvalue weighted by molar-refractivity contribution is -0.233. The summed E-state index contributed by atoms with van der Waals surface area (Å²) in [7, 11) is 1.57. The van der Waals surface area contributed by atoms with Crippen LogP contribution in [0.2, 0.25) is 0 Å². The van der Waals surface area contributed by atoms with Gasteiger partial charge in [-0.15, -0.1) is 0 Å². The zero-order chi connectivity index (χ0) is 13.6. The average molecular weight is 267 g/mol. The van der Waals surface area contributed by atoms with E-state index in [1.807, 2.05) is 35.4 Å². The second-order valence-electron chi connectivity index (χ2n) is 4.65. The van der Waals surface area contributed by atoms with Crippen molar-refractivity contribution in [3.8, 4) is 0 Å². The zero-order valence-electron chi connectivity index (χ0n) is 11.2. The van der Waals surface area contributed by atoms with Crippen LogP contribution in [0.3, 0.4) is 0 Å². The number of morpholine rings is 1. The molecule has 0 bridgehead atoms. The van der Waals surface area contributed by atoms with Gasteiger partial charge in [-0.1, -0.05) is 30.3 Å². The van der Waals surface area contributed by atoms with Crippen molar-refractivity contribution in [2.45, 2.75) is 5.60 Å². The highest BCUT2D eigenvalue weighted by Crippen LogP contribution is 2.22. The number of benzene rings is 1. The fourth-order valence-electron chi connectivity index (χ4n) is 2.07. The van der Waals surface area contributed by atoms with Crippen LogP contribution in [-0.2, 0) is 19.9 Å². The summed E-state index contributed by atoms with van der Waals surface area (Å²) in [6.45, 7) is 3.13. The molecule has 0 aromatic heterocycles. The van der Waals surface area contributed by atoms with Crippen LogP contribution in [-0.4, -0.2) is 56.8 Å². The molecule has 0 amide bonds. The smallest absolute Gasteiger partial charge is 0.138 e. The van der Waals surface area contributed by atoms with Gasteiger partial charge in [0.15, 0.2) is 0 Å². The van der Waals surface area contributed by atoms with Crippen LogP contribution in [0.5, 0.6) is 0 Å². The summed E-state index contributed by atoms with van der Waals surface area (Å²) < 4.78 is 10.4. The van der Waals surface area contributed by atoms with E-state index < -0.39 is 5.60 Å². The van der Waals surface area contributed by atoms with E-state index >= 15 is 0 Å². The second-order valence-corrected chi connectivity index (χ2v) is 4.65. The van der Waals surface area contributed by atoms with Crippen molar-refractivity contribution in [1.82, 2.24) is 5.06 Å². The number of nitrogens with zero attached hydrogens (tertiary/aromatic N) is 1. The summed E-state index contributed by atoms with van der Waals surface area (Å²) in [4.78, 5) is 5.68. The first-order valence-electron chi connectivity index (χ1n) is 6.47. The third kappa shape index (κ3) is 3.99. The van der Waals surface area contributed by atoms with Crippen LogP contribution in [0.1, 0.15) is 5.56 Å². The standard InChI is InChI=1S/C14H21NO4/c1-17-11-14(16,13-5-3-2-4-6-13)12-19-15-7-9-18-10-8-15/h2-6,16H,7-12H2,1H3. The summed E-state index contributed by atoms with van der Waals surface area (Å²) in [5.74, 6) is 0. The van der Waals surface area contributed by atoms with Crippen molar-refractivity contribution < 1.29 is 19.4 Å². The van der Waals surface area contributed by atoms with Gasteiger partial charge in [0.05, 0.1) is 19.8 Å². The van der Waals surface area contributed by atoms with Crippen LogP contribution >= 0.6 is 0 Å². The zero-order valence-corrected chi connectivity index (χ0v) is 11.2. The van der Waals surface area contributed by atoms with Crippen molar-refractivity contribution in [3.63, 3.8) is 0 Å². The molecule has 1 heterocycles. The Morgan fingerprint density at radius 1 is 1.21 bits per heavy atom. The third-order valence-corrected chi connectivity index (χ3v) is 3.15. The topological polar surface area (TPSA) is 51.2 Å². The molecule has 5 heteroatoms. The summed E-state index contributed by atoms with van der Waals surface area (Å²) in [6, 6.07) is 9.46. The van der Waals surface area contributed by atoms with Gasteiger partial charge in [0.2, 0.25) is 0 Å². The van der Waals surface area contributed by atoms with Gasteiger partial charge in [-0.3, -0.25) is 4.84 Å². The van der Waals surface area contributed by atoms with Gasteiger partial charge in [-0.05, 0) is 5.56 Å². The average Bonchev–Trinajstić information content (AvgIpc) is 2.48. The molecule has 1 aromatic carbocycles. The molecule has 106 valence electrons. The second kappa shape index (κ2) is 6.98. The van der Waals surface area contributed by atoms with E-state index in [0.717, 1.165) is 18.7 Å². The van der Waals surface area contributed by atoms with Crippen molar-refractivity contribution in [1.29, 1.82) is 0 Å². The van der Waals surface area contributed by atoms with E-state index in [-0.39, 0.29) is 13.2 Å². The van der Waals surface area contributed by atoms with Crippen LogP contribution < -0.4 is 0 Å². The Balaban J connectivity index is 1.98. The molecule has 1 atom stereocenters. The van der Waals surface area contributed by atoms with Crippen LogP contribution in [0.4, 0.5) is 0 Å². The van der Waals surface area contributed by atoms with Gasteiger partial charge in [0.1, 0.15) is 12.2 Å². The first kappa shape index (κ1) is 14.4. The van der Waals surface area contributed by atoms with E-state index in [2.05, 4.69) is 0 Å². The molecule has 1 aliphatic heterocycles. The molecule has 5 nitrogen and oxygen atoms in total. The number of rotatable bonds is 6. The molecule has 1 aliphatic rings. The molecule has 0 saturated carbocycles. The first-order chi connectivity index (χ1) is 9.24. The number of hydrogen-bond donors (Lipinski definition) is 1. The van der Waals surface area contributed by atoms with Crippen LogP contribution in [0, 0.1) is 0 Å². The molecule has 2 rings (SSSR count). The Bertz CT molecular complexity index is 367. The van der Waals surface area contributed by atoms with E-state index in [9.17, 15) is 5.11 Å². The minimum absolute atomic E-state index is 0.171. The predicted molar refractivity (Wildman–Crippen MR) is 70.6 cm³/mol. The molecule has 19 heavy (non-hydrogen) atoms. The number of ether oxygens (including phenoxy) is 2. The molecular weight excluding hydrogens is 246 g/mol. The Hall–Kier alpha value is -0.980. The van der Waals surface area contributed by atoms with Crippen molar-refractivity contribution in [3.05, 3.63) is 35.9 Å². The molecule has 0 radical (unpaired) electrons. The van der Waals surface area contributed by atoms with Crippen molar-refractivity contribution in [2.75, 3.05) is 46.6 Å². The monoisotopic (exact) mass is 267 g/mol.